The highest BCUT2D eigenvalue weighted by Gasteiger charge is 2.14. The lowest BCUT2D eigenvalue weighted by Crippen LogP contribution is -2.36. The first-order valence-electron chi connectivity index (χ1n) is 11.1. The molecule has 0 unspecified atom stereocenters. The zero-order valence-corrected chi connectivity index (χ0v) is 19.9. The zero-order valence-electron chi connectivity index (χ0n) is 19.9. The van der Waals surface area contributed by atoms with Crippen molar-refractivity contribution in [3.05, 3.63) is 82.2 Å². The maximum absolute atomic E-state index is 13.0. The monoisotopic (exact) mass is 431 g/mol. The third-order valence-electron chi connectivity index (χ3n) is 5.69. The summed E-state index contributed by atoms with van der Waals surface area (Å²) in [5, 5.41) is 10.8. The second-order valence-electron chi connectivity index (χ2n) is 8.30. The fourth-order valence-corrected chi connectivity index (χ4v) is 3.63. The highest BCUT2D eigenvalue weighted by atomic mass is 16.1. The van der Waals surface area contributed by atoms with E-state index in [9.17, 15) is 4.79 Å². The van der Waals surface area contributed by atoms with Crippen molar-refractivity contribution in [1.29, 1.82) is 0 Å². The first-order valence-corrected chi connectivity index (χ1v) is 11.1. The summed E-state index contributed by atoms with van der Waals surface area (Å²) in [6, 6.07) is 15.7. The van der Waals surface area contributed by atoms with Gasteiger partial charge in [0.25, 0.3) is 5.91 Å². The minimum Gasteiger partial charge on any atom is -0.326 e. The number of benzene rings is 2. The van der Waals surface area contributed by atoms with E-state index in [1.807, 2.05) is 54.9 Å². The molecule has 0 aliphatic carbocycles. The molecule has 2 aromatic carbocycles. The van der Waals surface area contributed by atoms with Crippen LogP contribution in [0.15, 0.2) is 53.5 Å². The van der Waals surface area contributed by atoms with Crippen molar-refractivity contribution in [2.24, 2.45) is 4.99 Å². The number of guanidine groups is 1. The smallest absolute Gasteiger partial charge is 0.258 e. The predicted octanol–water partition coefficient (Wildman–Crippen LogP) is 5.35. The summed E-state index contributed by atoms with van der Waals surface area (Å²) >= 11 is 0. The van der Waals surface area contributed by atoms with Crippen LogP contribution in [0, 0.1) is 20.8 Å². The number of aryl methyl sites for hydroxylation is 3. The number of nitrogens with one attached hydrogen (secondary N) is 2. The third-order valence-corrected chi connectivity index (χ3v) is 5.69. The van der Waals surface area contributed by atoms with E-state index < -0.39 is 0 Å². The van der Waals surface area contributed by atoms with Gasteiger partial charge in [0.15, 0.2) is 0 Å². The SMILES string of the molecule is CCn1nc(C)c(CN=C(NC(=O)c2ccccc2C)Nc2ccc(C(C)C)cc2)c1C. The van der Waals surface area contributed by atoms with Crippen molar-refractivity contribution in [2.75, 3.05) is 5.32 Å². The normalized spacial score (nSPS) is 11.7. The summed E-state index contributed by atoms with van der Waals surface area (Å²) in [6.07, 6.45) is 0. The summed E-state index contributed by atoms with van der Waals surface area (Å²) in [7, 11) is 0. The molecule has 0 fully saturated rings. The number of amides is 1. The van der Waals surface area contributed by atoms with Crippen molar-refractivity contribution >= 4 is 17.6 Å². The summed E-state index contributed by atoms with van der Waals surface area (Å²) in [4.78, 5) is 17.7. The van der Waals surface area contributed by atoms with Gasteiger partial charge in [-0.05, 0) is 62.9 Å². The molecule has 0 saturated heterocycles. The molecular weight excluding hydrogens is 398 g/mol. The average Bonchev–Trinajstić information content (AvgIpc) is 3.05. The van der Waals surface area contributed by atoms with Crippen LogP contribution in [0.25, 0.3) is 0 Å². The summed E-state index contributed by atoms with van der Waals surface area (Å²) in [5.74, 6) is 0.684. The number of carbonyl (C=O) groups is 1. The van der Waals surface area contributed by atoms with Crippen LogP contribution in [0.1, 0.15) is 65.1 Å². The van der Waals surface area contributed by atoms with Crippen LogP contribution in [0.4, 0.5) is 5.69 Å². The Morgan fingerprint density at radius 3 is 2.34 bits per heavy atom. The van der Waals surface area contributed by atoms with Gasteiger partial charge in [-0.1, -0.05) is 44.2 Å². The molecule has 1 aromatic heterocycles. The molecule has 0 bridgehead atoms. The molecule has 3 aromatic rings. The molecule has 0 aliphatic heterocycles. The Hall–Kier alpha value is -3.41. The molecule has 0 aliphatic rings. The predicted molar refractivity (Wildman–Crippen MR) is 131 cm³/mol. The molecule has 0 spiro atoms. The summed E-state index contributed by atoms with van der Waals surface area (Å²) in [6.45, 7) is 13.6. The van der Waals surface area contributed by atoms with Crippen molar-refractivity contribution < 1.29 is 4.79 Å². The lowest BCUT2D eigenvalue weighted by atomic mass is 10.0. The molecule has 2 N–H and O–H groups in total. The summed E-state index contributed by atoms with van der Waals surface area (Å²) < 4.78 is 1.98. The van der Waals surface area contributed by atoms with Crippen LogP contribution in [0.5, 0.6) is 0 Å². The van der Waals surface area contributed by atoms with Gasteiger partial charge in [-0.2, -0.15) is 5.10 Å². The molecule has 0 radical (unpaired) electrons. The van der Waals surface area contributed by atoms with Crippen molar-refractivity contribution in [3.63, 3.8) is 0 Å². The quantitative estimate of drug-likeness (QED) is 0.408. The standard InChI is InChI=1S/C26H33N5O/c1-7-31-20(6)24(19(5)30-31)16-27-26(28-22-14-12-21(13-15-22)17(2)3)29-25(32)23-11-9-8-10-18(23)4/h8-15,17H,7,16H2,1-6H3,(H2,27,28,29,32). The lowest BCUT2D eigenvalue weighted by Gasteiger charge is -2.14. The van der Waals surface area contributed by atoms with Crippen molar-refractivity contribution in [1.82, 2.24) is 15.1 Å². The van der Waals surface area contributed by atoms with E-state index in [0.717, 1.165) is 34.7 Å². The number of hydrogen-bond donors (Lipinski definition) is 2. The minimum atomic E-state index is -0.189. The Morgan fingerprint density at radius 1 is 1.06 bits per heavy atom. The molecule has 0 saturated carbocycles. The molecule has 1 amide bonds. The van der Waals surface area contributed by atoms with Gasteiger partial charge in [0.05, 0.1) is 12.2 Å². The van der Waals surface area contributed by atoms with Crippen LogP contribution in [0.2, 0.25) is 0 Å². The molecule has 6 heteroatoms. The van der Waals surface area contributed by atoms with Gasteiger partial charge in [0.2, 0.25) is 5.96 Å². The van der Waals surface area contributed by atoms with E-state index in [0.29, 0.717) is 24.0 Å². The molecular formula is C26H33N5O. The Labute approximate surface area is 190 Å². The second-order valence-corrected chi connectivity index (χ2v) is 8.30. The largest absolute Gasteiger partial charge is 0.326 e. The topological polar surface area (TPSA) is 71.3 Å². The maximum atomic E-state index is 13.0. The van der Waals surface area contributed by atoms with Gasteiger partial charge in [-0.3, -0.25) is 14.8 Å². The van der Waals surface area contributed by atoms with Crippen LogP contribution in [0.3, 0.4) is 0 Å². The molecule has 0 atom stereocenters. The fourth-order valence-electron chi connectivity index (χ4n) is 3.63. The van der Waals surface area contributed by atoms with E-state index in [1.165, 1.54) is 5.56 Å². The lowest BCUT2D eigenvalue weighted by molar-refractivity contribution is 0.0976. The van der Waals surface area contributed by atoms with E-state index in [4.69, 9.17) is 4.99 Å². The minimum absolute atomic E-state index is 0.189. The van der Waals surface area contributed by atoms with E-state index in [-0.39, 0.29) is 5.91 Å². The number of rotatable bonds is 6. The highest BCUT2D eigenvalue weighted by molar-refractivity contribution is 6.10. The fraction of sp³-hybridized carbons (Fsp3) is 0.346. The molecule has 3 rings (SSSR count). The Kier molecular flexibility index (Phi) is 7.46. The zero-order chi connectivity index (χ0) is 23.3. The van der Waals surface area contributed by atoms with Crippen molar-refractivity contribution in [3.8, 4) is 0 Å². The second kappa shape index (κ2) is 10.3. The molecule has 32 heavy (non-hydrogen) atoms. The Balaban J connectivity index is 1.88. The van der Waals surface area contributed by atoms with Crippen molar-refractivity contribution in [2.45, 2.75) is 60.5 Å². The van der Waals surface area contributed by atoms with E-state index in [2.05, 4.69) is 55.6 Å². The van der Waals surface area contributed by atoms with E-state index in [1.54, 1.807) is 0 Å². The number of carbonyl (C=O) groups excluding carboxylic acids is 1. The van der Waals surface area contributed by atoms with Crippen LogP contribution < -0.4 is 10.6 Å². The first-order chi connectivity index (χ1) is 15.3. The van der Waals surface area contributed by atoms with Gasteiger partial charge >= 0.3 is 0 Å². The number of aliphatic imine (C=N–C) groups is 1. The van der Waals surface area contributed by atoms with Crippen LogP contribution >= 0.6 is 0 Å². The summed E-state index contributed by atoms with van der Waals surface area (Å²) in [5.41, 5.74) is 6.81. The number of hydrogen-bond acceptors (Lipinski definition) is 3. The van der Waals surface area contributed by atoms with Crippen LogP contribution in [-0.2, 0) is 13.1 Å². The van der Waals surface area contributed by atoms with Gasteiger partial charge in [0, 0.05) is 29.1 Å². The number of aromatic nitrogens is 2. The molecule has 168 valence electrons. The van der Waals surface area contributed by atoms with Gasteiger partial charge in [0.1, 0.15) is 0 Å². The van der Waals surface area contributed by atoms with Gasteiger partial charge in [-0.15, -0.1) is 0 Å². The molecule has 1 heterocycles. The molecule has 6 nitrogen and oxygen atoms in total. The number of nitrogens with zero attached hydrogens (tertiary/aromatic N) is 3. The van der Waals surface area contributed by atoms with Crippen LogP contribution in [-0.4, -0.2) is 21.6 Å². The Bertz CT molecular complexity index is 1110. The maximum Gasteiger partial charge on any atom is 0.258 e. The Morgan fingerprint density at radius 2 is 1.75 bits per heavy atom. The third kappa shape index (κ3) is 5.44. The highest BCUT2D eigenvalue weighted by Crippen LogP contribution is 2.18. The van der Waals surface area contributed by atoms with E-state index >= 15 is 0 Å². The number of anilines is 1. The first kappa shape index (κ1) is 23.3. The van der Waals surface area contributed by atoms with Gasteiger partial charge in [-0.25, -0.2) is 4.99 Å². The average molecular weight is 432 g/mol. The van der Waals surface area contributed by atoms with Gasteiger partial charge < -0.3 is 5.32 Å².